The summed E-state index contributed by atoms with van der Waals surface area (Å²) in [4.78, 5) is 26.6. The maximum absolute atomic E-state index is 12.5. The molecular weight excluding hydrogens is 372 g/mol. The van der Waals surface area contributed by atoms with Crippen molar-refractivity contribution in [2.75, 3.05) is 19.8 Å². The van der Waals surface area contributed by atoms with Crippen molar-refractivity contribution in [1.29, 1.82) is 0 Å². The van der Waals surface area contributed by atoms with E-state index in [2.05, 4.69) is 16.4 Å². The van der Waals surface area contributed by atoms with Crippen LogP contribution in [-0.2, 0) is 11.2 Å². The van der Waals surface area contributed by atoms with Gasteiger partial charge >= 0.3 is 5.97 Å². The summed E-state index contributed by atoms with van der Waals surface area (Å²) in [5, 5.41) is 12.9. The Labute approximate surface area is 168 Å². The van der Waals surface area contributed by atoms with Gasteiger partial charge in [0.2, 0.25) is 0 Å². The van der Waals surface area contributed by atoms with E-state index in [-0.39, 0.29) is 5.91 Å². The molecule has 0 aliphatic heterocycles. The van der Waals surface area contributed by atoms with Crippen LogP contribution in [0.1, 0.15) is 28.5 Å². The van der Waals surface area contributed by atoms with Crippen LogP contribution in [0.5, 0.6) is 11.5 Å². The zero-order valence-corrected chi connectivity index (χ0v) is 16.5. The number of aryl methyl sites for hydroxylation is 1. The number of nitrogens with one attached hydrogen (secondary N) is 2. The van der Waals surface area contributed by atoms with Crippen LogP contribution in [0.25, 0.3) is 10.9 Å². The zero-order valence-electron chi connectivity index (χ0n) is 16.5. The maximum Gasteiger partial charge on any atom is 0.341 e. The number of H-pyrrole nitrogens is 1. The summed E-state index contributed by atoms with van der Waals surface area (Å²) in [5.41, 5.74) is 3.80. The van der Waals surface area contributed by atoms with Gasteiger partial charge in [-0.3, -0.25) is 4.79 Å². The van der Waals surface area contributed by atoms with Crippen LogP contribution in [0.2, 0.25) is 0 Å². The summed E-state index contributed by atoms with van der Waals surface area (Å²) in [6, 6.07) is 12.8. The molecule has 1 heterocycles. The minimum atomic E-state index is -1.08. The van der Waals surface area contributed by atoms with E-state index in [0.29, 0.717) is 36.6 Å². The second kappa shape index (κ2) is 9.14. The molecule has 1 aromatic heterocycles. The van der Waals surface area contributed by atoms with Crippen LogP contribution < -0.4 is 14.8 Å². The van der Waals surface area contributed by atoms with Gasteiger partial charge in [-0.2, -0.15) is 0 Å². The molecule has 3 aromatic rings. The van der Waals surface area contributed by atoms with Crippen molar-refractivity contribution >= 4 is 22.8 Å². The number of aliphatic carboxylic acids is 1. The van der Waals surface area contributed by atoms with Crippen LogP contribution in [0.4, 0.5) is 0 Å². The van der Waals surface area contributed by atoms with E-state index in [1.807, 2.05) is 25.1 Å². The molecule has 0 unspecified atom stereocenters. The molecule has 0 spiro atoms. The Hall–Kier alpha value is -3.48. The predicted molar refractivity (Wildman–Crippen MR) is 110 cm³/mol. The number of carboxylic acid groups (broad SMARTS) is 1. The lowest BCUT2D eigenvalue weighted by Gasteiger charge is -2.12. The van der Waals surface area contributed by atoms with E-state index in [4.69, 9.17) is 14.6 Å². The number of carbonyl (C=O) groups is 2. The van der Waals surface area contributed by atoms with E-state index >= 15 is 0 Å². The second-order valence-corrected chi connectivity index (χ2v) is 6.56. The first-order valence-corrected chi connectivity index (χ1v) is 9.45. The van der Waals surface area contributed by atoms with Crippen molar-refractivity contribution in [2.45, 2.75) is 20.3 Å². The highest BCUT2D eigenvalue weighted by Crippen LogP contribution is 2.28. The number of para-hydroxylation sites is 1. The first kappa shape index (κ1) is 20.3. The van der Waals surface area contributed by atoms with Gasteiger partial charge in [0.25, 0.3) is 5.91 Å². The van der Waals surface area contributed by atoms with Gasteiger partial charge in [-0.05, 0) is 50.1 Å². The van der Waals surface area contributed by atoms with E-state index in [1.54, 1.807) is 25.1 Å². The summed E-state index contributed by atoms with van der Waals surface area (Å²) >= 11 is 0. The molecule has 0 saturated heterocycles. The average molecular weight is 396 g/mol. The molecule has 0 bridgehead atoms. The Morgan fingerprint density at radius 3 is 2.66 bits per heavy atom. The number of carbonyl (C=O) groups excluding carboxylic acids is 1. The molecule has 0 atom stereocenters. The fourth-order valence-corrected chi connectivity index (χ4v) is 3.24. The Morgan fingerprint density at radius 1 is 1.10 bits per heavy atom. The van der Waals surface area contributed by atoms with E-state index in [1.165, 1.54) is 5.56 Å². The molecule has 1 amide bonds. The Kier molecular flexibility index (Phi) is 6.39. The molecule has 152 valence electrons. The number of benzene rings is 2. The van der Waals surface area contributed by atoms with Gasteiger partial charge in [-0.15, -0.1) is 0 Å². The fraction of sp³-hybridized carbons (Fsp3) is 0.273. The number of rotatable bonds is 9. The Balaban J connectivity index is 1.66. The maximum atomic E-state index is 12.5. The van der Waals surface area contributed by atoms with Gasteiger partial charge in [-0.1, -0.05) is 18.2 Å². The summed E-state index contributed by atoms with van der Waals surface area (Å²) in [6.07, 6.45) is 0.708. The predicted octanol–water partition coefficient (Wildman–Crippen LogP) is 3.31. The number of ether oxygens (including phenoxy) is 2. The number of fused-ring (bicyclic) bond motifs is 1. The van der Waals surface area contributed by atoms with Crippen molar-refractivity contribution in [3.63, 3.8) is 0 Å². The lowest BCUT2D eigenvalue weighted by atomic mass is 10.1. The molecule has 29 heavy (non-hydrogen) atoms. The van der Waals surface area contributed by atoms with Crippen molar-refractivity contribution < 1.29 is 24.2 Å². The van der Waals surface area contributed by atoms with Crippen LogP contribution in [0.3, 0.4) is 0 Å². The Bertz CT molecular complexity index is 1030. The third-order valence-corrected chi connectivity index (χ3v) is 4.54. The summed E-state index contributed by atoms with van der Waals surface area (Å²) in [7, 11) is 0. The van der Waals surface area contributed by atoms with Crippen molar-refractivity contribution in [2.24, 2.45) is 0 Å². The zero-order chi connectivity index (χ0) is 20.8. The van der Waals surface area contributed by atoms with E-state index < -0.39 is 12.6 Å². The molecule has 0 saturated carbocycles. The number of aromatic amines is 1. The van der Waals surface area contributed by atoms with Gasteiger partial charge in [0.1, 0.15) is 0 Å². The highest BCUT2D eigenvalue weighted by atomic mass is 16.5. The van der Waals surface area contributed by atoms with Gasteiger partial charge in [-0.25, -0.2) is 4.79 Å². The number of amides is 1. The largest absolute Gasteiger partial charge is 0.490 e. The Morgan fingerprint density at radius 2 is 1.90 bits per heavy atom. The van der Waals surface area contributed by atoms with Gasteiger partial charge < -0.3 is 24.9 Å². The number of hydrogen-bond acceptors (Lipinski definition) is 4. The summed E-state index contributed by atoms with van der Waals surface area (Å²) < 4.78 is 10.7. The van der Waals surface area contributed by atoms with Crippen LogP contribution >= 0.6 is 0 Å². The number of aromatic nitrogens is 1. The lowest BCUT2D eigenvalue weighted by molar-refractivity contribution is -0.139. The molecule has 0 radical (unpaired) electrons. The first-order chi connectivity index (χ1) is 14.0. The van der Waals surface area contributed by atoms with Gasteiger partial charge in [0, 0.05) is 28.7 Å². The molecule has 0 aliphatic carbocycles. The second-order valence-electron chi connectivity index (χ2n) is 6.56. The summed E-state index contributed by atoms with van der Waals surface area (Å²) in [5.74, 6) is -0.677. The summed E-state index contributed by atoms with van der Waals surface area (Å²) in [6.45, 7) is 4.21. The quantitative estimate of drug-likeness (QED) is 0.515. The molecule has 3 N–H and O–H groups in total. The van der Waals surface area contributed by atoms with Gasteiger partial charge in [0.05, 0.1) is 6.61 Å². The van der Waals surface area contributed by atoms with Crippen molar-refractivity contribution in [1.82, 2.24) is 10.3 Å². The molecule has 3 rings (SSSR count). The first-order valence-electron chi connectivity index (χ1n) is 9.45. The third-order valence-electron chi connectivity index (χ3n) is 4.54. The van der Waals surface area contributed by atoms with E-state index in [0.717, 1.165) is 16.6 Å². The number of carboxylic acids is 1. The molecule has 7 nitrogen and oxygen atoms in total. The molecule has 0 fully saturated rings. The highest BCUT2D eigenvalue weighted by Gasteiger charge is 2.13. The topological polar surface area (TPSA) is 101 Å². The van der Waals surface area contributed by atoms with Crippen LogP contribution in [0.15, 0.2) is 42.5 Å². The molecule has 7 heteroatoms. The fourth-order valence-electron chi connectivity index (χ4n) is 3.24. The SMILES string of the molecule is CCOc1cc(C(=O)NCCc2c(C)[nH]c3ccccc23)ccc1OCC(=O)O. The normalized spacial score (nSPS) is 10.7. The highest BCUT2D eigenvalue weighted by molar-refractivity contribution is 5.95. The van der Waals surface area contributed by atoms with Gasteiger partial charge in [0.15, 0.2) is 18.1 Å². The smallest absolute Gasteiger partial charge is 0.341 e. The number of hydrogen-bond donors (Lipinski definition) is 3. The average Bonchev–Trinajstić information content (AvgIpc) is 3.02. The molecular formula is C22H24N2O5. The van der Waals surface area contributed by atoms with Crippen molar-refractivity contribution in [3.8, 4) is 11.5 Å². The monoisotopic (exact) mass is 396 g/mol. The van der Waals surface area contributed by atoms with Crippen molar-refractivity contribution in [3.05, 3.63) is 59.3 Å². The minimum absolute atomic E-state index is 0.228. The van der Waals surface area contributed by atoms with Crippen LogP contribution in [-0.4, -0.2) is 41.7 Å². The molecule has 2 aromatic carbocycles. The molecule has 0 aliphatic rings. The standard InChI is InChI=1S/C22H24N2O5/c1-3-28-20-12-15(8-9-19(20)29-13-21(25)26)22(27)23-11-10-16-14(2)24-18-7-5-4-6-17(16)18/h4-9,12,24H,3,10-11,13H2,1-2H3,(H,23,27)(H,25,26). The van der Waals surface area contributed by atoms with Crippen LogP contribution in [0, 0.1) is 6.92 Å². The third kappa shape index (κ3) is 4.87. The lowest BCUT2D eigenvalue weighted by Crippen LogP contribution is -2.25. The minimum Gasteiger partial charge on any atom is -0.490 e. The van der Waals surface area contributed by atoms with E-state index in [9.17, 15) is 9.59 Å².